The summed E-state index contributed by atoms with van der Waals surface area (Å²) >= 11 is 0. The quantitative estimate of drug-likeness (QED) is 0.244. The minimum atomic E-state index is -0.966. The van der Waals surface area contributed by atoms with E-state index in [2.05, 4.69) is 37.6 Å². The summed E-state index contributed by atoms with van der Waals surface area (Å²) in [5.74, 6) is 1.29. The van der Waals surface area contributed by atoms with Crippen LogP contribution in [-0.4, -0.2) is 81.5 Å². The number of aromatic nitrogens is 3. The van der Waals surface area contributed by atoms with Gasteiger partial charge in [0.05, 0.1) is 16.5 Å². The number of halogens is 3. The molecule has 4 saturated heterocycles. The molecule has 4 atom stereocenters. The number of rotatable bonds is 5. The molecule has 4 aromatic rings. The number of terminal acetylenes is 1. The molecule has 4 aliphatic heterocycles. The highest BCUT2D eigenvalue weighted by Crippen LogP contribution is 2.43. The van der Waals surface area contributed by atoms with Crippen LogP contribution >= 0.6 is 0 Å². The molecule has 2 aromatic heterocycles. The maximum Gasteiger partial charge on any atom is 0.319 e. The Labute approximate surface area is 257 Å². The third-order valence-corrected chi connectivity index (χ3v) is 9.77. The van der Waals surface area contributed by atoms with Crippen molar-refractivity contribution in [3.8, 4) is 35.4 Å². The van der Waals surface area contributed by atoms with E-state index in [4.69, 9.17) is 16.1 Å². The van der Waals surface area contributed by atoms with E-state index in [0.29, 0.717) is 55.6 Å². The lowest BCUT2D eigenvalue weighted by Gasteiger charge is -2.34. The summed E-state index contributed by atoms with van der Waals surface area (Å²) in [5.41, 5.74) is 0.373. The fraction of sp³-hybridized carbons (Fsp3) is 0.382. The van der Waals surface area contributed by atoms with E-state index in [-0.39, 0.29) is 58.2 Å². The number of anilines is 1. The Morgan fingerprint density at radius 1 is 1.16 bits per heavy atom. The SMILES string of the molecule is C#Cc1c(F)ccc2cc(O)cc(-c3ncc4c(N5CC6CCC(C5)N6)nc(OC[C@]56CC(=C)CN5C[C@@H](F)C6)nc4c3F)c12. The average molecular weight is 613 g/mol. The second kappa shape index (κ2) is 10.3. The molecule has 0 aliphatic carbocycles. The normalized spacial score (nSPS) is 26.1. The Kier molecular flexibility index (Phi) is 6.45. The van der Waals surface area contributed by atoms with Gasteiger partial charge in [0.2, 0.25) is 0 Å². The van der Waals surface area contributed by atoms with Gasteiger partial charge in [0.15, 0.2) is 5.82 Å². The number of phenols is 1. The van der Waals surface area contributed by atoms with Crippen LogP contribution in [0, 0.1) is 24.0 Å². The summed E-state index contributed by atoms with van der Waals surface area (Å²) in [6.45, 7) is 6.53. The minimum absolute atomic E-state index is 0.0234. The average Bonchev–Trinajstić information content (AvgIpc) is 3.62. The third kappa shape index (κ3) is 4.58. The number of pyridine rings is 1. The van der Waals surface area contributed by atoms with Gasteiger partial charge in [-0.1, -0.05) is 24.1 Å². The molecular formula is C34H31F3N6O2. The molecule has 8 rings (SSSR count). The van der Waals surface area contributed by atoms with Crippen molar-refractivity contribution in [3.63, 3.8) is 0 Å². The van der Waals surface area contributed by atoms with Crippen molar-refractivity contribution in [1.29, 1.82) is 0 Å². The van der Waals surface area contributed by atoms with Crippen LogP contribution < -0.4 is 15.0 Å². The predicted octanol–water partition coefficient (Wildman–Crippen LogP) is 4.87. The van der Waals surface area contributed by atoms with Gasteiger partial charge in [-0.2, -0.15) is 9.97 Å². The van der Waals surface area contributed by atoms with Gasteiger partial charge >= 0.3 is 6.01 Å². The Morgan fingerprint density at radius 3 is 2.73 bits per heavy atom. The first-order valence-electron chi connectivity index (χ1n) is 15.2. The maximum atomic E-state index is 16.8. The molecule has 45 heavy (non-hydrogen) atoms. The highest BCUT2D eigenvalue weighted by atomic mass is 19.1. The largest absolute Gasteiger partial charge is 0.508 e. The van der Waals surface area contributed by atoms with Gasteiger partial charge in [0.25, 0.3) is 0 Å². The van der Waals surface area contributed by atoms with Gasteiger partial charge in [-0.25, -0.2) is 13.2 Å². The highest BCUT2D eigenvalue weighted by Gasteiger charge is 2.51. The molecule has 0 saturated carbocycles. The summed E-state index contributed by atoms with van der Waals surface area (Å²) in [6.07, 6.45) is 9.21. The van der Waals surface area contributed by atoms with Crippen LogP contribution in [0.1, 0.15) is 31.2 Å². The monoisotopic (exact) mass is 612 g/mol. The molecule has 230 valence electrons. The van der Waals surface area contributed by atoms with Crippen molar-refractivity contribution in [1.82, 2.24) is 25.2 Å². The minimum Gasteiger partial charge on any atom is -0.508 e. The second-order valence-electron chi connectivity index (χ2n) is 12.8. The van der Waals surface area contributed by atoms with Gasteiger partial charge in [-0.15, -0.1) is 6.42 Å². The third-order valence-electron chi connectivity index (χ3n) is 9.77. The number of nitrogens with one attached hydrogen (secondary N) is 1. The van der Waals surface area contributed by atoms with Crippen LogP contribution in [0.3, 0.4) is 0 Å². The predicted molar refractivity (Wildman–Crippen MR) is 165 cm³/mol. The molecular weight excluding hydrogens is 581 g/mol. The van der Waals surface area contributed by atoms with E-state index in [0.717, 1.165) is 18.4 Å². The van der Waals surface area contributed by atoms with Gasteiger partial charge in [-0.05, 0) is 42.8 Å². The summed E-state index contributed by atoms with van der Waals surface area (Å²) in [6, 6.07) is 5.99. The van der Waals surface area contributed by atoms with E-state index in [1.807, 2.05) is 0 Å². The van der Waals surface area contributed by atoms with Gasteiger partial charge in [-0.3, -0.25) is 9.88 Å². The summed E-state index contributed by atoms with van der Waals surface area (Å²) in [7, 11) is 0. The standard InChI is InChI=1S/C34H31F3N6O2/c1-3-24-27(36)7-4-19-8-23(44)9-25(28(19)24)30-29(37)31-26(12-38-30)32(42-15-21-5-6-22(16-42)39-21)41-33(40-31)45-17-34-10-18(2)13-43(34)14-20(35)11-34/h1,4,7-9,12,20-22,39,44H,2,5-6,10-11,13-17H2/t20-,21?,22?,34+/m0/s1. The number of nitrogens with zero attached hydrogens (tertiary/aromatic N) is 5. The summed E-state index contributed by atoms with van der Waals surface area (Å²) < 4.78 is 52.3. The van der Waals surface area contributed by atoms with Crippen LogP contribution in [0.15, 0.2) is 42.6 Å². The first-order valence-corrected chi connectivity index (χ1v) is 15.2. The van der Waals surface area contributed by atoms with Crippen LogP contribution in [0.5, 0.6) is 11.8 Å². The number of piperazine rings is 1. The number of phenolic OH excluding ortho intramolecular Hbond substituents is 1. The molecule has 2 aromatic carbocycles. The number of benzene rings is 2. The maximum absolute atomic E-state index is 16.8. The summed E-state index contributed by atoms with van der Waals surface area (Å²) in [5, 5.41) is 15.2. The molecule has 2 unspecified atom stereocenters. The van der Waals surface area contributed by atoms with Gasteiger partial charge in [0, 0.05) is 61.8 Å². The van der Waals surface area contributed by atoms with Crippen LogP contribution in [0.25, 0.3) is 32.9 Å². The number of fused-ring (bicyclic) bond motifs is 5. The van der Waals surface area contributed by atoms with Crippen LogP contribution in [0.4, 0.5) is 19.0 Å². The Morgan fingerprint density at radius 2 is 1.96 bits per heavy atom. The first kappa shape index (κ1) is 28.1. The zero-order valence-electron chi connectivity index (χ0n) is 24.5. The van der Waals surface area contributed by atoms with Crippen molar-refractivity contribution in [3.05, 3.63) is 59.8 Å². The molecule has 4 fully saturated rings. The Hall–Kier alpha value is -4.40. The molecule has 4 aliphatic rings. The van der Waals surface area contributed by atoms with E-state index in [1.165, 1.54) is 30.5 Å². The van der Waals surface area contributed by atoms with E-state index in [9.17, 15) is 13.9 Å². The number of aromatic hydroxyl groups is 1. The van der Waals surface area contributed by atoms with Crippen molar-refractivity contribution in [2.24, 2.45) is 0 Å². The number of hydrogen-bond donors (Lipinski definition) is 2. The first-order chi connectivity index (χ1) is 21.7. The van der Waals surface area contributed by atoms with Crippen molar-refractivity contribution in [2.75, 3.05) is 37.7 Å². The van der Waals surface area contributed by atoms with Crippen molar-refractivity contribution >= 4 is 27.5 Å². The molecule has 2 N–H and O–H groups in total. The highest BCUT2D eigenvalue weighted by molar-refractivity contribution is 6.03. The zero-order valence-corrected chi connectivity index (χ0v) is 24.5. The fourth-order valence-electron chi connectivity index (χ4n) is 7.88. The lowest BCUT2D eigenvalue weighted by Crippen LogP contribution is -2.51. The Bertz CT molecular complexity index is 1930. The van der Waals surface area contributed by atoms with Crippen molar-refractivity contribution < 1.29 is 23.0 Å². The molecule has 11 heteroatoms. The lowest BCUT2D eigenvalue weighted by atomic mass is 9.93. The number of hydrogen-bond acceptors (Lipinski definition) is 8. The lowest BCUT2D eigenvalue weighted by molar-refractivity contribution is 0.107. The van der Waals surface area contributed by atoms with Crippen LogP contribution in [-0.2, 0) is 0 Å². The van der Waals surface area contributed by atoms with E-state index >= 15 is 4.39 Å². The van der Waals surface area contributed by atoms with Gasteiger partial charge < -0.3 is 20.1 Å². The molecule has 8 nitrogen and oxygen atoms in total. The smallest absolute Gasteiger partial charge is 0.319 e. The topological polar surface area (TPSA) is 86.6 Å². The zero-order chi connectivity index (χ0) is 31.0. The second-order valence-corrected chi connectivity index (χ2v) is 12.8. The van der Waals surface area contributed by atoms with Gasteiger partial charge in [0.1, 0.15) is 41.4 Å². The van der Waals surface area contributed by atoms with E-state index in [1.54, 1.807) is 0 Å². The molecule has 0 amide bonds. The van der Waals surface area contributed by atoms with Crippen LogP contribution in [0.2, 0.25) is 0 Å². The Balaban J connectivity index is 1.27. The summed E-state index contributed by atoms with van der Waals surface area (Å²) in [4.78, 5) is 18.0. The molecule has 0 radical (unpaired) electrons. The van der Waals surface area contributed by atoms with E-state index < -0.39 is 23.3 Å². The molecule has 2 bridgehead atoms. The number of ether oxygens (including phenoxy) is 1. The van der Waals surface area contributed by atoms with Crippen molar-refractivity contribution in [2.45, 2.75) is 49.5 Å². The number of alkyl halides is 1. The molecule has 0 spiro atoms. The fourth-order valence-corrected chi connectivity index (χ4v) is 7.88. The molecule has 6 heterocycles.